The summed E-state index contributed by atoms with van der Waals surface area (Å²) in [5, 5.41) is 3.27. The predicted molar refractivity (Wildman–Crippen MR) is 72.9 cm³/mol. The Bertz CT molecular complexity index is 320. The van der Waals surface area contributed by atoms with E-state index < -0.39 is 9.84 Å². The van der Waals surface area contributed by atoms with Crippen LogP contribution >= 0.6 is 0 Å². The maximum absolute atomic E-state index is 11.7. The molecule has 1 saturated carbocycles. The Kier molecular flexibility index (Phi) is 5.45. The van der Waals surface area contributed by atoms with Crippen molar-refractivity contribution >= 4 is 9.84 Å². The number of rotatable bonds is 8. The largest absolute Gasteiger partial charge is 0.314 e. The molecule has 0 aliphatic heterocycles. The van der Waals surface area contributed by atoms with Crippen LogP contribution in [0.5, 0.6) is 0 Å². The lowest BCUT2D eigenvalue weighted by atomic mass is 9.93. The van der Waals surface area contributed by atoms with Crippen molar-refractivity contribution in [3.63, 3.8) is 0 Å². The SMILES string of the molecule is CC(CCS(=O)(=O)C(C)C)C(C)CNC1CC1. The van der Waals surface area contributed by atoms with E-state index in [4.69, 9.17) is 0 Å². The summed E-state index contributed by atoms with van der Waals surface area (Å²) in [6, 6.07) is 0.740. The lowest BCUT2D eigenvalue weighted by molar-refractivity contribution is 0.357. The molecule has 17 heavy (non-hydrogen) atoms. The molecule has 0 spiro atoms. The van der Waals surface area contributed by atoms with Crippen LogP contribution in [0.3, 0.4) is 0 Å². The molecular weight excluding hydrogens is 234 g/mol. The zero-order valence-electron chi connectivity index (χ0n) is 11.6. The summed E-state index contributed by atoms with van der Waals surface area (Å²) in [6.07, 6.45) is 3.40. The van der Waals surface area contributed by atoms with Gasteiger partial charge in [-0.1, -0.05) is 13.8 Å². The Morgan fingerprint density at radius 1 is 1.12 bits per heavy atom. The maximum Gasteiger partial charge on any atom is 0.152 e. The highest BCUT2D eigenvalue weighted by molar-refractivity contribution is 7.91. The molecule has 1 fully saturated rings. The molecule has 0 aromatic carbocycles. The van der Waals surface area contributed by atoms with Crippen molar-refractivity contribution in [1.29, 1.82) is 0 Å². The van der Waals surface area contributed by atoms with E-state index >= 15 is 0 Å². The Balaban J connectivity index is 2.24. The van der Waals surface area contributed by atoms with Crippen molar-refractivity contribution in [2.24, 2.45) is 11.8 Å². The topological polar surface area (TPSA) is 46.2 Å². The zero-order valence-corrected chi connectivity index (χ0v) is 12.4. The molecule has 1 N–H and O–H groups in total. The maximum atomic E-state index is 11.7. The van der Waals surface area contributed by atoms with E-state index in [1.54, 1.807) is 13.8 Å². The summed E-state index contributed by atoms with van der Waals surface area (Å²) in [5.41, 5.74) is 0. The van der Waals surface area contributed by atoms with Crippen LogP contribution in [0.25, 0.3) is 0 Å². The van der Waals surface area contributed by atoms with Crippen LogP contribution in [0.15, 0.2) is 0 Å². The standard InChI is InChI=1S/C13H27NO2S/c1-10(2)17(15,16)8-7-11(3)12(4)9-14-13-5-6-13/h10-14H,5-9H2,1-4H3. The Morgan fingerprint density at radius 3 is 2.18 bits per heavy atom. The van der Waals surface area contributed by atoms with Crippen molar-refractivity contribution in [1.82, 2.24) is 5.32 Å². The van der Waals surface area contributed by atoms with E-state index in [1.807, 2.05) is 0 Å². The molecule has 0 radical (unpaired) electrons. The molecule has 0 saturated heterocycles. The van der Waals surface area contributed by atoms with E-state index in [9.17, 15) is 8.42 Å². The fourth-order valence-corrected chi connectivity index (χ4v) is 2.88. The van der Waals surface area contributed by atoms with Gasteiger partial charge in [-0.3, -0.25) is 0 Å². The first-order chi connectivity index (χ1) is 7.83. The van der Waals surface area contributed by atoms with Gasteiger partial charge in [0.1, 0.15) is 0 Å². The van der Waals surface area contributed by atoms with Gasteiger partial charge in [-0.25, -0.2) is 8.42 Å². The summed E-state index contributed by atoms with van der Waals surface area (Å²) in [4.78, 5) is 0. The summed E-state index contributed by atoms with van der Waals surface area (Å²) >= 11 is 0. The summed E-state index contributed by atoms with van der Waals surface area (Å²) in [5.74, 6) is 1.35. The van der Waals surface area contributed by atoms with Crippen LogP contribution < -0.4 is 5.32 Å². The van der Waals surface area contributed by atoms with Crippen LogP contribution in [0, 0.1) is 11.8 Å². The Hall–Kier alpha value is -0.0900. The normalized spacial score (nSPS) is 20.5. The van der Waals surface area contributed by atoms with Crippen molar-refractivity contribution in [2.45, 2.75) is 58.2 Å². The lowest BCUT2D eigenvalue weighted by Gasteiger charge is -2.20. The molecule has 0 bridgehead atoms. The van der Waals surface area contributed by atoms with E-state index in [2.05, 4.69) is 19.2 Å². The average Bonchev–Trinajstić information content (AvgIpc) is 3.06. The number of hydrogen-bond donors (Lipinski definition) is 1. The molecule has 102 valence electrons. The second-order valence-corrected chi connectivity index (χ2v) is 8.52. The molecule has 0 heterocycles. The first-order valence-corrected chi connectivity index (χ1v) is 8.49. The quantitative estimate of drug-likeness (QED) is 0.729. The molecule has 2 unspecified atom stereocenters. The van der Waals surface area contributed by atoms with Gasteiger partial charge < -0.3 is 5.32 Å². The van der Waals surface area contributed by atoms with Gasteiger partial charge in [0.2, 0.25) is 0 Å². The monoisotopic (exact) mass is 261 g/mol. The highest BCUT2D eigenvalue weighted by Crippen LogP contribution is 2.21. The molecule has 1 rings (SSSR count). The van der Waals surface area contributed by atoms with Gasteiger partial charge in [0.15, 0.2) is 9.84 Å². The van der Waals surface area contributed by atoms with Gasteiger partial charge in [-0.15, -0.1) is 0 Å². The average molecular weight is 261 g/mol. The van der Waals surface area contributed by atoms with Crippen LogP contribution in [0.1, 0.15) is 47.0 Å². The Morgan fingerprint density at radius 2 is 1.71 bits per heavy atom. The van der Waals surface area contributed by atoms with Gasteiger partial charge in [0.05, 0.1) is 11.0 Å². The molecule has 1 aliphatic carbocycles. The van der Waals surface area contributed by atoms with Crippen molar-refractivity contribution in [3.05, 3.63) is 0 Å². The van der Waals surface area contributed by atoms with Gasteiger partial charge >= 0.3 is 0 Å². The van der Waals surface area contributed by atoms with E-state index in [0.717, 1.165) is 19.0 Å². The number of hydrogen-bond acceptors (Lipinski definition) is 3. The highest BCUT2D eigenvalue weighted by Gasteiger charge is 2.23. The molecule has 1 aliphatic rings. The minimum atomic E-state index is -2.87. The molecular formula is C13H27NO2S. The number of sulfone groups is 1. The number of nitrogens with one attached hydrogen (secondary N) is 1. The lowest BCUT2D eigenvalue weighted by Crippen LogP contribution is -2.28. The van der Waals surface area contributed by atoms with Gasteiger partial charge in [0, 0.05) is 6.04 Å². The molecule has 0 amide bonds. The van der Waals surface area contributed by atoms with Crippen molar-refractivity contribution in [2.75, 3.05) is 12.3 Å². The van der Waals surface area contributed by atoms with Gasteiger partial charge in [-0.2, -0.15) is 0 Å². The highest BCUT2D eigenvalue weighted by atomic mass is 32.2. The van der Waals surface area contributed by atoms with Crippen molar-refractivity contribution in [3.8, 4) is 0 Å². The van der Waals surface area contributed by atoms with Gasteiger partial charge in [-0.05, 0) is 51.5 Å². The summed E-state index contributed by atoms with van der Waals surface area (Å²) in [6.45, 7) is 8.92. The van der Waals surface area contributed by atoms with Crippen LogP contribution in [0.4, 0.5) is 0 Å². The zero-order chi connectivity index (χ0) is 13.1. The first-order valence-electron chi connectivity index (χ1n) is 6.78. The Labute approximate surface area is 106 Å². The molecule has 0 aromatic rings. The predicted octanol–water partition coefficient (Wildman–Crippen LogP) is 2.22. The molecule has 3 nitrogen and oxygen atoms in total. The third-order valence-electron chi connectivity index (χ3n) is 3.85. The van der Waals surface area contributed by atoms with E-state index in [1.165, 1.54) is 12.8 Å². The second kappa shape index (κ2) is 6.19. The third-order valence-corrected chi connectivity index (χ3v) is 6.09. The van der Waals surface area contributed by atoms with Crippen molar-refractivity contribution < 1.29 is 8.42 Å². The third kappa shape index (κ3) is 5.38. The summed E-state index contributed by atoms with van der Waals surface area (Å²) < 4.78 is 23.4. The fourth-order valence-electron chi connectivity index (χ4n) is 1.71. The van der Waals surface area contributed by atoms with Crippen LogP contribution in [-0.4, -0.2) is 32.0 Å². The fraction of sp³-hybridized carbons (Fsp3) is 1.00. The smallest absolute Gasteiger partial charge is 0.152 e. The summed E-state index contributed by atoms with van der Waals surface area (Å²) in [7, 11) is -2.87. The molecule has 2 atom stereocenters. The molecule has 0 aromatic heterocycles. The van der Waals surface area contributed by atoms with Crippen LogP contribution in [-0.2, 0) is 9.84 Å². The van der Waals surface area contributed by atoms with E-state index in [0.29, 0.717) is 17.6 Å². The van der Waals surface area contributed by atoms with Crippen LogP contribution in [0.2, 0.25) is 0 Å². The van der Waals surface area contributed by atoms with E-state index in [-0.39, 0.29) is 5.25 Å². The minimum absolute atomic E-state index is 0.241. The minimum Gasteiger partial charge on any atom is -0.314 e. The first kappa shape index (κ1) is 15.0. The van der Waals surface area contributed by atoms with Gasteiger partial charge in [0.25, 0.3) is 0 Å². The second-order valence-electron chi connectivity index (χ2n) is 5.84. The molecule has 4 heteroatoms.